The molecule has 1 aliphatic heterocycles. The molecule has 0 radical (unpaired) electrons. The van der Waals surface area contributed by atoms with Crippen LogP contribution in [0.15, 0.2) is 54.0 Å². The summed E-state index contributed by atoms with van der Waals surface area (Å²) >= 11 is 1.57. The van der Waals surface area contributed by atoms with Crippen LogP contribution in [0.1, 0.15) is 81.7 Å². The first-order valence-corrected chi connectivity index (χ1v) is 18.9. The minimum Gasteiger partial charge on any atom is -0.391 e. The maximum absolute atomic E-state index is 13.9. The van der Waals surface area contributed by atoms with E-state index in [9.17, 15) is 29.1 Å². The lowest BCUT2D eigenvalue weighted by atomic mass is 9.85. The number of aliphatic hydroxyl groups is 1. The molecule has 4 rings (SSSR count). The van der Waals surface area contributed by atoms with Crippen molar-refractivity contribution in [2.45, 2.75) is 110 Å². The second-order valence-electron chi connectivity index (χ2n) is 14.8. The number of nitrogens with zero attached hydrogens (tertiary/aromatic N) is 2. The van der Waals surface area contributed by atoms with E-state index in [0.29, 0.717) is 19.4 Å². The number of hydrogen-bond acceptors (Lipinski definition) is 9. The number of aromatic nitrogens is 1. The number of halogens is 1. The standard InChI is InChI=1S/C39H53N7O6S.ClH/c1-24-34(53-23-44-24)28-14-12-26(13-15-28)20-43-37(51)31-19-29(47)22-46(31)38(52)35(39(2,3)4)45-33(49)11-6-5-8-25-9-7-10-27(18-25)21-42-36(50)30(40)16-17-32(41)48;/h7,9-10,12-15,18,23,29-31,35,47H,5-6,8,11,16-17,19-22,40H2,1-4H3,(H2,41,48)(H,42,50)(H,43,51)(H,45,49);1H/t29-,30+,31+,35-;/m1./s1. The van der Waals surface area contributed by atoms with E-state index in [1.807, 2.05) is 81.7 Å². The number of nitrogens with two attached hydrogens (primary N) is 2. The van der Waals surface area contributed by atoms with Crippen molar-refractivity contribution >= 4 is 53.3 Å². The summed E-state index contributed by atoms with van der Waals surface area (Å²) in [4.78, 5) is 70.5. The Balaban J connectivity index is 0.00000784. The molecule has 294 valence electrons. The van der Waals surface area contributed by atoms with Crippen LogP contribution in [0.5, 0.6) is 0 Å². The van der Waals surface area contributed by atoms with Gasteiger partial charge in [0.15, 0.2) is 0 Å². The molecule has 1 aliphatic rings. The third-order valence-electron chi connectivity index (χ3n) is 9.33. The van der Waals surface area contributed by atoms with E-state index in [2.05, 4.69) is 20.9 Å². The molecule has 8 N–H and O–H groups in total. The van der Waals surface area contributed by atoms with Gasteiger partial charge in [-0.05, 0) is 60.3 Å². The lowest BCUT2D eigenvalue weighted by Crippen LogP contribution is -2.57. The number of β-amino-alcohol motifs (C(OH)–C–C–N with tert-alkyl or cyclic N) is 1. The van der Waals surface area contributed by atoms with Gasteiger partial charge in [-0.15, -0.1) is 23.7 Å². The summed E-state index contributed by atoms with van der Waals surface area (Å²) in [5.41, 5.74) is 17.0. The van der Waals surface area contributed by atoms with Gasteiger partial charge in [0, 0.05) is 38.9 Å². The molecule has 3 aromatic rings. The molecule has 1 fully saturated rings. The predicted molar refractivity (Wildman–Crippen MR) is 211 cm³/mol. The molecule has 4 atom stereocenters. The normalized spacial score (nSPS) is 16.5. The highest BCUT2D eigenvalue weighted by Gasteiger charge is 2.44. The summed E-state index contributed by atoms with van der Waals surface area (Å²) in [7, 11) is 0. The van der Waals surface area contributed by atoms with E-state index in [1.165, 1.54) is 4.90 Å². The molecule has 0 saturated carbocycles. The second-order valence-corrected chi connectivity index (χ2v) is 15.7. The maximum Gasteiger partial charge on any atom is 0.246 e. The van der Waals surface area contributed by atoms with Crippen LogP contribution in [0, 0.1) is 12.3 Å². The number of benzene rings is 2. The Kier molecular flexibility index (Phi) is 16.6. The number of thiazole rings is 1. The van der Waals surface area contributed by atoms with Gasteiger partial charge in [-0.3, -0.25) is 24.0 Å². The van der Waals surface area contributed by atoms with Gasteiger partial charge >= 0.3 is 0 Å². The summed E-state index contributed by atoms with van der Waals surface area (Å²) in [6.45, 7) is 8.11. The molecular weight excluding hydrogens is 730 g/mol. The zero-order valence-electron chi connectivity index (χ0n) is 31.4. The fourth-order valence-electron chi connectivity index (χ4n) is 6.27. The summed E-state index contributed by atoms with van der Waals surface area (Å²) in [5, 5.41) is 19.2. The Hall–Kier alpha value is -4.37. The third kappa shape index (κ3) is 12.9. The van der Waals surface area contributed by atoms with Crippen molar-refractivity contribution < 1.29 is 29.1 Å². The highest BCUT2D eigenvalue weighted by atomic mass is 35.5. The number of aryl methyl sites for hydroxylation is 2. The summed E-state index contributed by atoms with van der Waals surface area (Å²) in [6, 6.07) is 13.1. The Morgan fingerprint density at radius 2 is 1.67 bits per heavy atom. The van der Waals surface area contributed by atoms with Crippen LogP contribution < -0.4 is 27.4 Å². The smallest absolute Gasteiger partial charge is 0.246 e. The highest BCUT2D eigenvalue weighted by Crippen LogP contribution is 2.28. The van der Waals surface area contributed by atoms with Crippen LogP contribution in [0.4, 0.5) is 0 Å². The fraction of sp³-hybridized carbons (Fsp3) is 0.487. The number of aliphatic hydroxyl groups excluding tert-OH is 1. The van der Waals surface area contributed by atoms with Crippen molar-refractivity contribution in [3.8, 4) is 10.4 Å². The third-order valence-corrected chi connectivity index (χ3v) is 10.3. The van der Waals surface area contributed by atoms with E-state index in [1.54, 1.807) is 11.3 Å². The molecule has 13 nitrogen and oxygen atoms in total. The van der Waals surface area contributed by atoms with Crippen LogP contribution in [0.2, 0.25) is 0 Å². The second kappa shape index (κ2) is 20.3. The molecule has 0 spiro atoms. The summed E-state index contributed by atoms with van der Waals surface area (Å²) in [6.07, 6.45) is 1.74. The largest absolute Gasteiger partial charge is 0.391 e. The zero-order chi connectivity index (χ0) is 38.7. The van der Waals surface area contributed by atoms with E-state index in [-0.39, 0.29) is 68.9 Å². The summed E-state index contributed by atoms with van der Waals surface area (Å²) < 4.78 is 0. The van der Waals surface area contributed by atoms with E-state index < -0.39 is 41.5 Å². The molecule has 1 aromatic heterocycles. The number of carbonyl (C=O) groups is 5. The minimum absolute atomic E-state index is 0. The summed E-state index contributed by atoms with van der Waals surface area (Å²) in [5.74, 6) is -1.87. The van der Waals surface area contributed by atoms with Gasteiger partial charge in [0.2, 0.25) is 29.5 Å². The van der Waals surface area contributed by atoms with Crippen molar-refractivity contribution in [2.24, 2.45) is 16.9 Å². The number of hydrogen-bond donors (Lipinski definition) is 6. The SMILES string of the molecule is Cc1ncsc1-c1ccc(CNC(=O)[C@@H]2C[C@@H](O)CN2C(=O)[C@@H](NC(=O)CCCCc2cccc(CNC(=O)[C@@H](N)CCC(N)=O)c2)C(C)(C)C)cc1.Cl. The Morgan fingerprint density at radius 3 is 2.31 bits per heavy atom. The van der Waals surface area contributed by atoms with Crippen LogP contribution >= 0.6 is 23.7 Å². The molecule has 2 aromatic carbocycles. The maximum atomic E-state index is 13.9. The molecule has 0 aliphatic carbocycles. The first-order chi connectivity index (χ1) is 25.1. The topological polar surface area (TPSA) is 210 Å². The number of carbonyl (C=O) groups excluding carboxylic acids is 5. The van der Waals surface area contributed by atoms with E-state index in [4.69, 9.17) is 11.5 Å². The van der Waals surface area contributed by atoms with Crippen LogP contribution in [-0.4, -0.2) is 75.3 Å². The Morgan fingerprint density at radius 1 is 0.981 bits per heavy atom. The average molecular weight is 784 g/mol. The molecule has 15 heteroatoms. The number of primary amides is 1. The number of rotatable bonds is 17. The number of unbranched alkanes of at least 4 members (excludes halogenated alkanes) is 1. The van der Waals surface area contributed by atoms with Crippen molar-refractivity contribution in [1.29, 1.82) is 0 Å². The molecule has 1 saturated heterocycles. The van der Waals surface area contributed by atoms with Gasteiger partial charge in [-0.25, -0.2) is 4.98 Å². The van der Waals surface area contributed by atoms with Crippen LogP contribution in [0.3, 0.4) is 0 Å². The van der Waals surface area contributed by atoms with Crippen molar-refractivity contribution in [3.05, 3.63) is 76.4 Å². The van der Waals surface area contributed by atoms with Crippen molar-refractivity contribution in [2.75, 3.05) is 6.54 Å². The van der Waals surface area contributed by atoms with Gasteiger partial charge in [-0.1, -0.05) is 69.3 Å². The number of nitrogens with one attached hydrogen (secondary N) is 3. The Labute approximate surface area is 327 Å². The van der Waals surface area contributed by atoms with Gasteiger partial charge in [0.05, 0.1) is 28.2 Å². The first-order valence-electron chi connectivity index (χ1n) is 18.1. The number of likely N-dealkylation sites (tertiary alicyclic amines) is 1. The number of amides is 5. The van der Waals surface area contributed by atoms with Gasteiger partial charge in [0.25, 0.3) is 0 Å². The van der Waals surface area contributed by atoms with Crippen molar-refractivity contribution in [1.82, 2.24) is 25.8 Å². The molecular formula is C39H54ClN7O6S. The average Bonchev–Trinajstić information content (AvgIpc) is 3.74. The molecule has 54 heavy (non-hydrogen) atoms. The predicted octanol–water partition coefficient (Wildman–Crippen LogP) is 3.27. The minimum atomic E-state index is -0.894. The zero-order valence-corrected chi connectivity index (χ0v) is 33.1. The van der Waals surface area contributed by atoms with Gasteiger partial charge in [0.1, 0.15) is 12.1 Å². The van der Waals surface area contributed by atoms with Crippen LogP contribution in [-0.2, 0) is 43.5 Å². The van der Waals surface area contributed by atoms with Gasteiger partial charge < -0.3 is 37.4 Å². The highest BCUT2D eigenvalue weighted by molar-refractivity contribution is 7.13. The Bertz CT molecular complexity index is 1750. The van der Waals surface area contributed by atoms with Crippen LogP contribution in [0.25, 0.3) is 10.4 Å². The quantitative estimate of drug-likeness (QED) is 0.112. The van der Waals surface area contributed by atoms with E-state index in [0.717, 1.165) is 39.2 Å². The van der Waals surface area contributed by atoms with Gasteiger partial charge in [-0.2, -0.15) is 0 Å². The molecule has 0 unspecified atom stereocenters. The van der Waals surface area contributed by atoms with E-state index >= 15 is 0 Å². The first kappa shape index (κ1) is 44.0. The molecule has 2 heterocycles. The monoisotopic (exact) mass is 783 g/mol. The lowest BCUT2D eigenvalue weighted by Gasteiger charge is -2.35. The molecule has 0 bridgehead atoms. The molecule has 5 amide bonds. The fourth-order valence-corrected chi connectivity index (χ4v) is 7.08. The lowest BCUT2D eigenvalue weighted by molar-refractivity contribution is -0.144. The van der Waals surface area contributed by atoms with Crippen molar-refractivity contribution in [3.63, 3.8) is 0 Å².